The third-order valence-corrected chi connectivity index (χ3v) is 11.4. The first-order valence-electron chi connectivity index (χ1n) is 18.4. The number of furan rings is 1. The standard InChI is InChI=1S/C49H29N5OS/c1-4-14-32(15-5-1)46-50-42(44-43(51-46)36-20-10-11-24-39(36)55-44)31-28-26-30(27-29-31)35-21-12-22-37-41-38(23-13-25-40(41)56-45(35)37)49-53-47(33-16-6-2-7-17-33)52-48(54-49)34-18-8-3-9-19-34/h1-29H. The molecule has 7 aromatic carbocycles. The van der Waals surface area contributed by atoms with Gasteiger partial charge in [0.05, 0.1) is 0 Å². The van der Waals surface area contributed by atoms with Crippen molar-refractivity contribution in [2.45, 2.75) is 0 Å². The summed E-state index contributed by atoms with van der Waals surface area (Å²) in [4.78, 5) is 25.2. The van der Waals surface area contributed by atoms with E-state index in [1.54, 1.807) is 11.3 Å². The number of hydrogen-bond acceptors (Lipinski definition) is 7. The van der Waals surface area contributed by atoms with E-state index in [-0.39, 0.29) is 0 Å². The summed E-state index contributed by atoms with van der Waals surface area (Å²) in [6, 6.07) is 59.9. The topological polar surface area (TPSA) is 77.6 Å². The van der Waals surface area contributed by atoms with Gasteiger partial charge in [-0.25, -0.2) is 24.9 Å². The van der Waals surface area contributed by atoms with Crippen molar-refractivity contribution in [2.75, 3.05) is 0 Å². The van der Waals surface area contributed by atoms with Gasteiger partial charge in [0.2, 0.25) is 0 Å². The second-order valence-corrected chi connectivity index (χ2v) is 14.7. The van der Waals surface area contributed by atoms with Gasteiger partial charge in [0.25, 0.3) is 0 Å². The van der Waals surface area contributed by atoms with Gasteiger partial charge in [0.15, 0.2) is 28.9 Å². The molecule has 0 radical (unpaired) electrons. The number of benzene rings is 7. The summed E-state index contributed by atoms with van der Waals surface area (Å²) in [5.74, 6) is 2.60. The van der Waals surface area contributed by atoms with Crippen molar-refractivity contribution in [1.29, 1.82) is 0 Å². The Labute approximate surface area is 325 Å². The third-order valence-electron chi connectivity index (χ3n) is 10.2. The molecule has 0 N–H and O–H groups in total. The van der Waals surface area contributed by atoms with Crippen molar-refractivity contribution in [3.63, 3.8) is 0 Å². The zero-order valence-electron chi connectivity index (χ0n) is 29.8. The molecule has 11 aromatic rings. The highest BCUT2D eigenvalue weighted by atomic mass is 32.1. The molecule has 0 spiro atoms. The van der Waals surface area contributed by atoms with Crippen LogP contribution in [-0.2, 0) is 0 Å². The smallest absolute Gasteiger partial charge is 0.180 e. The molecule has 6 nitrogen and oxygen atoms in total. The lowest BCUT2D eigenvalue weighted by molar-refractivity contribution is 0.667. The molecular formula is C49H29N5OS. The molecule has 0 aliphatic carbocycles. The van der Waals surface area contributed by atoms with E-state index in [1.807, 2.05) is 109 Å². The van der Waals surface area contributed by atoms with Crippen LogP contribution in [0.1, 0.15) is 0 Å². The molecule has 0 aliphatic rings. The Morgan fingerprint density at radius 2 is 0.911 bits per heavy atom. The Balaban J connectivity index is 1.04. The quantitative estimate of drug-likeness (QED) is 0.169. The molecule has 262 valence electrons. The zero-order chi connectivity index (χ0) is 37.0. The highest BCUT2D eigenvalue weighted by molar-refractivity contribution is 7.26. The molecule has 0 bridgehead atoms. The van der Waals surface area contributed by atoms with E-state index < -0.39 is 0 Å². The van der Waals surface area contributed by atoms with Gasteiger partial charge >= 0.3 is 0 Å². The van der Waals surface area contributed by atoms with Gasteiger partial charge in [0, 0.05) is 53.4 Å². The van der Waals surface area contributed by atoms with Crippen LogP contribution in [0.2, 0.25) is 0 Å². The van der Waals surface area contributed by atoms with Crippen LogP contribution in [0, 0.1) is 0 Å². The van der Waals surface area contributed by atoms with Gasteiger partial charge in [-0.3, -0.25) is 0 Å². The predicted molar refractivity (Wildman–Crippen MR) is 228 cm³/mol. The number of para-hydroxylation sites is 1. The maximum Gasteiger partial charge on any atom is 0.180 e. The van der Waals surface area contributed by atoms with Gasteiger partial charge in [0.1, 0.15) is 16.8 Å². The number of hydrogen-bond donors (Lipinski definition) is 0. The van der Waals surface area contributed by atoms with E-state index in [0.29, 0.717) is 28.9 Å². The molecule has 0 saturated carbocycles. The Morgan fingerprint density at radius 1 is 0.375 bits per heavy atom. The first-order valence-corrected chi connectivity index (χ1v) is 19.2. The van der Waals surface area contributed by atoms with E-state index in [0.717, 1.165) is 71.9 Å². The van der Waals surface area contributed by atoms with E-state index in [9.17, 15) is 0 Å². The van der Waals surface area contributed by atoms with E-state index in [2.05, 4.69) is 66.7 Å². The Bertz CT molecular complexity index is 3180. The fraction of sp³-hybridized carbons (Fsp3) is 0. The highest BCUT2D eigenvalue weighted by Crippen LogP contribution is 2.44. The van der Waals surface area contributed by atoms with Crippen molar-refractivity contribution in [3.8, 4) is 67.9 Å². The maximum absolute atomic E-state index is 6.41. The van der Waals surface area contributed by atoms with Crippen molar-refractivity contribution in [2.24, 2.45) is 0 Å². The highest BCUT2D eigenvalue weighted by Gasteiger charge is 2.20. The molecule has 56 heavy (non-hydrogen) atoms. The maximum atomic E-state index is 6.41. The Hall–Kier alpha value is -7.35. The van der Waals surface area contributed by atoms with E-state index in [4.69, 9.17) is 29.3 Å². The lowest BCUT2D eigenvalue weighted by atomic mass is 9.99. The van der Waals surface area contributed by atoms with Crippen molar-refractivity contribution in [1.82, 2.24) is 24.9 Å². The van der Waals surface area contributed by atoms with Crippen LogP contribution in [0.5, 0.6) is 0 Å². The van der Waals surface area contributed by atoms with E-state index in [1.165, 1.54) is 9.40 Å². The van der Waals surface area contributed by atoms with Crippen LogP contribution < -0.4 is 0 Å². The molecule has 11 rings (SSSR count). The fourth-order valence-electron chi connectivity index (χ4n) is 7.50. The average Bonchev–Trinajstić information content (AvgIpc) is 3.86. The van der Waals surface area contributed by atoms with Crippen molar-refractivity contribution in [3.05, 3.63) is 176 Å². The summed E-state index contributed by atoms with van der Waals surface area (Å²) >= 11 is 1.79. The molecule has 0 fully saturated rings. The van der Waals surface area contributed by atoms with Crippen molar-refractivity contribution >= 4 is 53.6 Å². The monoisotopic (exact) mass is 735 g/mol. The van der Waals surface area contributed by atoms with E-state index >= 15 is 0 Å². The van der Waals surface area contributed by atoms with Crippen LogP contribution >= 0.6 is 11.3 Å². The van der Waals surface area contributed by atoms with Gasteiger partial charge in [-0.2, -0.15) is 0 Å². The molecule has 4 aromatic heterocycles. The summed E-state index contributed by atoms with van der Waals surface area (Å²) < 4.78 is 8.79. The lowest BCUT2D eigenvalue weighted by Crippen LogP contribution is -2.00. The van der Waals surface area contributed by atoms with Gasteiger partial charge < -0.3 is 4.42 Å². The third kappa shape index (κ3) is 5.44. The van der Waals surface area contributed by atoms with Crippen LogP contribution in [0.4, 0.5) is 0 Å². The van der Waals surface area contributed by atoms with Gasteiger partial charge in [-0.15, -0.1) is 11.3 Å². The van der Waals surface area contributed by atoms with Crippen LogP contribution in [-0.4, -0.2) is 24.9 Å². The second kappa shape index (κ2) is 13.2. The normalized spacial score (nSPS) is 11.6. The first-order chi connectivity index (χ1) is 27.7. The summed E-state index contributed by atoms with van der Waals surface area (Å²) in [6.45, 7) is 0. The SMILES string of the molecule is c1ccc(-c2nc(-c3ccccc3)nc(-c3cccc4sc5c(-c6ccc(-c7nc(-c8ccccc8)nc8c7oc7ccccc78)cc6)cccc5c34)n2)cc1. The number of aromatic nitrogens is 5. The molecule has 0 aliphatic heterocycles. The lowest BCUT2D eigenvalue weighted by Gasteiger charge is -2.10. The minimum atomic E-state index is 0.645. The summed E-state index contributed by atoms with van der Waals surface area (Å²) in [7, 11) is 0. The van der Waals surface area contributed by atoms with Gasteiger partial charge in [-0.05, 0) is 29.3 Å². The second-order valence-electron chi connectivity index (χ2n) is 13.6. The van der Waals surface area contributed by atoms with Crippen molar-refractivity contribution < 1.29 is 4.42 Å². The minimum Gasteiger partial charge on any atom is -0.452 e. The molecule has 0 saturated heterocycles. The largest absolute Gasteiger partial charge is 0.452 e. The average molecular weight is 736 g/mol. The molecule has 4 heterocycles. The number of nitrogens with zero attached hydrogens (tertiary/aromatic N) is 5. The van der Waals surface area contributed by atoms with Crippen LogP contribution in [0.25, 0.3) is 110 Å². The molecule has 0 unspecified atom stereocenters. The minimum absolute atomic E-state index is 0.645. The Morgan fingerprint density at radius 3 is 1.59 bits per heavy atom. The summed E-state index contributed by atoms with van der Waals surface area (Å²) in [6.07, 6.45) is 0. The zero-order valence-corrected chi connectivity index (χ0v) is 30.6. The predicted octanol–water partition coefficient (Wildman–Crippen LogP) is 12.9. The number of fused-ring (bicyclic) bond motifs is 6. The fourth-order valence-corrected chi connectivity index (χ4v) is 8.77. The molecule has 0 atom stereocenters. The van der Waals surface area contributed by atoms with Crippen LogP contribution in [0.3, 0.4) is 0 Å². The van der Waals surface area contributed by atoms with Gasteiger partial charge in [-0.1, -0.05) is 158 Å². The molecule has 7 heteroatoms. The Kier molecular flexibility index (Phi) is 7.57. The van der Waals surface area contributed by atoms with Crippen LogP contribution in [0.15, 0.2) is 180 Å². The molecule has 0 amide bonds. The molecular weight excluding hydrogens is 707 g/mol. The summed E-state index contributed by atoms with van der Waals surface area (Å²) in [5.41, 5.74) is 10.1. The first kappa shape index (κ1) is 32.1. The summed E-state index contributed by atoms with van der Waals surface area (Å²) in [5, 5.41) is 3.27. The number of rotatable bonds is 6. The number of thiophene rings is 1.